The van der Waals surface area contributed by atoms with Gasteiger partial charge in [0.2, 0.25) is 5.91 Å². The fourth-order valence-electron chi connectivity index (χ4n) is 6.92. The lowest BCUT2D eigenvalue weighted by Crippen LogP contribution is -3.16. The number of aromatic hydroxyl groups is 1. The van der Waals surface area contributed by atoms with Gasteiger partial charge in [-0.15, -0.1) is 0 Å². The lowest BCUT2D eigenvalue weighted by Gasteiger charge is -2.57. The number of likely N-dealkylation sites (tertiary alicyclic amines) is 1. The highest BCUT2D eigenvalue weighted by Crippen LogP contribution is 2.62. The summed E-state index contributed by atoms with van der Waals surface area (Å²) in [6.07, 6.45) is 4.07. The van der Waals surface area contributed by atoms with E-state index in [-0.39, 0.29) is 35.6 Å². The maximum Gasteiger partial charge on any atom is 0.303 e. The second-order valence-electron chi connectivity index (χ2n) is 9.36. The number of carbonyl (C=O) groups is 2. The van der Waals surface area contributed by atoms with Crippen LogP contribution in [-0.4, -0.2) is 53.9 Å². The van der Waals surface area contributed by atoms with Gasteiger partial charge in [-0.3, -0.25) is 9.59 Å². The Balaban J connectivity index is 1.68. The lowest BCUT2D eigenvalue weighted by molar-refractivity contribution is -0.919. The number of nitrogens with one attached hydrogen (secondary N) is 2. The molecule has 5 rings (SSSR count). The number of ether oxygens (including phenoxy) is 1. The average Bonchev–Trinajstić information content (AvgIpc) is 3.01. The molecule has 156 valence electrons. The molecule has 6 atom stereocenters. The van der Waals surface area contributed by atoms with Crippen molar-refractivity contribution in [3.63, 3.8) is 0 Å². The molecule has 2 fully saturated rings. The minimum Gasteiger partial charge on any atom is -0.504 e. The largest absolute Gasteiger partial charge is 0.504 e. The van der Waals surface area contributed by atoms with Crippen molar-refractivity contribution in [2.24, 2.45) is 5.92 Å². The van der Waals surface area contributed by atoms with Crippen LogP contribution in [0.5, 0.6) is 11.5 Å². The topological polar surface area (TPSA) is 100 Å². The molecule has 2 bridgehead atoms. The van der Waals surface area contributed by atoms with Gasteiger partial charge in [-0.05, 0) is 36.5 Å². The van der Waals surface area contributed by atoms with Crippen molar-refractivity contribution in [1.29, 1.82) is 0 Å². The van der Waals surface area contributed by atoms with Gasteiger partial charge in [0.15, 0.2) is 11.5 Å². The van der Waals surface area contributed by atoms with Gasteiger partial charge in [-0.2, -0.15) is 0 Å². The highest BCUT2D eigenvalue weighted by molar-refractivity contribution is 5.74. The lowest BCUT2D eigenvalue weighted by atomic mass is 9.50. The molecule has 1 amide bonds. The Morgan fingerprint density at radius 1 is 1.38 bits per heavy atom. The number of carboxylic acid groups (broad SMARTS) is 1. The average molecular weight is 401 g/mol. The second-order valence-corrected chi connectivity index (χ2v) is 9.36. The second kappa shape index (κ2) is 6.36. The maximum absolute atomic E-state index is 11.9. The van der Waals surface area contributed by atoms with Crippen LogP contribution in [-0.2, 0) is 27.8 Å². The molecule has 1 aromatic rings. The number of phenols is 1. The van der Waals surface area contributed by atoms with Crippen molar-refractivity contribution < 1.29 is 29.4 Å². The number of carbonyl (C=O) groups excluding carboxylic acids is 1. The zero-order valence-electron chi connectivity index (χ0n) is 17.0. The van der Waals surface area contributed by atoms with Gasteiger partial charge in [0.25, 0.3) is 0 Å². The first kappa shape index (κ1) is 18.7. The van der Waals surface area contributed by atoms with E-state index in [4.69, 9.17) is 4.74 Å². The van der Waals surface area contributed by atoms with Crippen molar-refractivity contribution in [3.05, 3.63) is 22.8 Å². The summed E-state index contributed by atoms with van der Waals surface area (Å²) in [4.78, 5) is 24.6. The molecule has 1 aromatic carbocycles. The van der Waals surface area contributed by atoms with Gasteiger partial charge < -0.3 is 25.2 Å². The van der Waals surface area contributed by atoms with Crippen LogP contribution in [0, 0.1) is 5.92 Å². The van der Waals surface area contributed by atoms with E-state index < -0.39 is 5.97 Å². The van der Waals surface area contributed by atoms with E-state index in [1.807, 2.05) is 0 Å². The normalized spacial score (nSPS) is 36.1. The summed E-state index contributed by atoms with van der Waals surface area (Å²) in [6, 6.07) is 2.10. The van der Waals surface area contributed by atoms with Crippen molar-refractivity contribution in [2.45, 2.75) is 69.1 Å². The summed E-state index contributed by atoms with van der Waals surface area (Å²) in [7, 11) is 2.26. The summed E-state index contributed by atoms with van der Waals surface area (Å²) in [5.41, 5.74) is 3.04. The van der Waals surface area contributed by atoms with Crippen LogP contribution in [0.1, 0.15) is 49.3 Å². The van der Waals surface area contributed by atoms with Crippen LogP contribution in [0.3, 0.4) is 0 Å². The molecule has 1 spiro atoms. The number of aryl methyl sites for hydroxylation is 1. The Labute approximate surface area is 170 Å². The first-order chi connectivity index (χ1) is 13.8. The molecule has 7 heteroatoms. The molecule has 4 N–H and O–H groups in total. The van der Waals surface area contributed by atoms with Gasteiger partial charge in [-0.1, -0.05) is 0 Å². The minimum atomic E-state index is -0.829. The molecule has 0 radical (unpaired) electrons. The first-order valence-corrected chi connectivity index (χ1v) is 10.7. The smallest absolute Gasteiger partial charge is 0.303 e. The van der Waals surface area contributed by atoms with E-state index >= 15 is 0 Å². The number of aliphatic carboxylic acids is 1. The van der Waals surface area contributed by atoms with Crippen molar-refractivity contribution in [1.82, 2.24) is 5.32 Å². The third kappa shape index (κ3) is 2.52. The first-order valence-electron chi connectivity index (χ1n) is 10.7. The summed E-state index contributed by atoms with van der Waals surface area (Å²) in [5.74, 6) is 0.253. The van der Waals surface area contributed by atoms with Crippen LogP contribution < -0.4 is 15.0 Å². The molecule has 0 aromatic heterocycles. The summed E-state index contributed by atoms with van der Waals surface area (Å²) in [6.45, 7) is 2.58. The number of likely N-dealkylation sites (N-methyl/N-ethyl adjacent to an activating group) is 1. The molecule has 4 aliphatic rings. The number of quaternary nitrogens is 1. The van der Waals surface area contributed by atoms with Crippen molar-refractivity contribution in [2.75, 3.05) is 13.6 Å². The Bertz CT molecular complexity index is 900. The number of benzene rings is 1. The van der Waals surface area contributed by atoms with Gasteiger partial charge >= 0.3 is 5.97 Å². The van der Waals surface area contributed by atoms with E-state index in [1.165, 1.54) is 10.5 Å². The monoisotopic (exact) mass is 401 g/mol. The highest BCUT2D eigenvalue weighted by atomic mass is 16.5. The number of piperidine rings is 1. The number of hydrogen-bond donors (Lipinski definition) is 4. The number of carboxylic acids is 1. The van der Waals surface area contributed by atoms with E-state index in [0.29, 0.717) is 24.1 Å². The predicted molar refractivity (Wildman–Crippen MR) is 104 cm³/mol. The molecule has 2 heterocycles. The van der Waals surface area contributed by atoms with E-state index in [9.17, 15) is 19.8 Å². The fourth-order valence-corrected chi connectivity index (χ4v) is 6.92. The number of amides is 1. The minimum absolute atomic E-state index is 0.0494. The molecule has 2 aliphatic carbocycles. The number of rotatable bonds is 4. The van der Waals surface area contributed by atoms with E-state index in [2.05, 4.69) is 12.4 Å². The zero-order valence-corrected chi connectivity index (χ0v) is 17.0. The molecular formula is C22H29N2O5+. The van der Waals surface area contributed by atoms with Gasteiger partial charge in [0.1, 0.15) is 6.10 Å². The van der Waals surface area contributed by atoms with Gasteiger partial charge in [0, 0.05) is 37.7 Å². The zero-order chi connectivity index (χ0) is 20.5. The predicted octanol–water partition coefficient (Wildman–Crippen LogP) is 0.166. The summed E-state index contributed by atoms with van der Waals surface area (Å²) in [5, 5.41) is 23.1. The number of phenolic OH excluding ortho intramolecular Hbond substituents is 1. The fraction of sp³-hybridized carbons (Fsp3) is 0.636. The maximum atomic E-state index is 11.9. The van der Waals surface area contributed by atoms with Crippen LogP contribution in [0.4, 0.5) is 0 Å². The molecule has 2 unspecified atom stereocenters. The molecule has 1 saturated heterocycles. The Morgan fingerprint density at radius 3 is 2.90 bits per heavy atom. The van der Waals surface area contributed by atoms with Crippen molar-refractivity contribution in [3.8, 4) is 11.5 Å². The summed E-state index contributed by atoms with van der Waals surface area (Å²) >= 11 is 0. The Hall–Kier alpha value is -2.28. The van der Waals surface area contributed by atoms with Gasteiger partial charge in [0.05, 0.1) is 31.1 Å². The van der Waals surface area contributed by atoms with E-state index in [1.54, 1.807) is 13.0 Å². The van der Waals surface area contributed by atoms with E-state index in [0.717, 1.165) is 43.4 Å². The molecule has 7 nitrogen and oxygen atoms in total. The quantitative estimate of drug-likeness (QED) is 0.576. The van der Waals surface area contributed by atoms with Crippen LogP contribution in [0.15, 0.2) is 6.07 Å². The van der Waals surface area contributed by atoms with Crippen LogP contribution in [0.25, 0.3) is 0 Å². The Morgan fingerprint density at radius 2 is 2.17 bits per heavy atom. The SMILES string of the molecule is CC(=O)N[C@H]1CCC2[C@H]3Cc4c(CCC(=O)O)cc(O)c5c4[C@@]2(CC[NH+]3C)[C@H]1O5. The third-order valence-electron chi connectivity index (χ3n) is 7.97. The molecular weight excluding hydrogens is 372 g/mol. The molecule has 29 heavy (non-hydrogen) atoms. The van der Waals surface area contributed by atoms with Crippen molar-refractivity contribution >= 4 is 11.9 Å². The highest BCUT2D eigenvalue weighted by Gasteiger charge is 2.67. The van der Waals surface area contributed by atoms with Crippen LogP contribution >= 0.6 is 0 Å². The third-order valence-corrected chi connectivity index (χ3v) is 7.97. The standard InChI is InChI=1S/C22H28N2O5/c1-11(25)23-15-5-4-14-16-10-13-12(3-6-18(27)28)9-17(26)20-19(13)22(14,21(15)29-20)7-8-24(16)2/h9,14-16,21,26H,3-8,10H2,1-2H3,(H,23,25)(H,27,28)/p+1/t14?,15-,16+,21-,22-/m0/s1. The summed E-state index contributed by atoms with van der Waals surface area (Å²) < 4.78 is 6.45. The molecule has 1 saturated carbocycles. The number of hydrogen-bond acceptors (Lipinski definition) is 4. The van der Waals surface area contributed by atoms with Gasteiger partial charge in [-0.25, -0.2) is 0 Å². The molecule has 2 aliphatic heterocycles. The van der Waals surface area contributed by atoms with Crippen LogP contribution in [0.2, 0.25) is 0 Å². The Kier molecular flexibility index (Phi) is 4.11.